The Hall–Kier alpha value is -4.24. The molecule has 0 aromatic heterocycles. The van der Waals surface area contributed by atoms with Crippen LogP contribution in [0.25, 0.3) is 0 Å². The fourth-order valence-corrected chi connectivity index (χ4v) is 5.46. The molecule has 0 N–H and O–H groups in total. The zero-order valence-electron chi connectivity index (χ0n) is 19.2. The first-order chi connectivity index (χ1) is 16.8. The van der Waals surface area contributed by atoms with Crippen molar-refractivity contribution in [3.05, 3.63) is 139 Å². The monoisotopic (exact) mass is 436 g/mol. The first-order valence-corrected chi connectivity index (χ1v) is 11.7. The van der Waals surface area contributed by atoms with Crippen molar-refractivity contribution in [3.8, 4) is 0 Å². The molecule has 2 aliphatic rings. The van der Waals surface area contributed by atoms with Crippen molar-refractivity contribution >= 4 is 46.1 Å². The van der Waals surface area contributed by atoms with E-state index >= 15 is 0 Å². The quantitative estimate of drug-likeness (QED) is 0.325. The molecule has 0 radical (unpaired) electrons. The van der Waals surface area contributed by atoms with Gasteiger partial charge in [0.2, 0.25) is 0 Å². The summed E-state index contributed by atoms with van der Waals surface area (Å²) in [5.41, 5.74) is 11.0. The molecule has 3 heteroatoms. The fourth-order valence-electron chi connectivity index (χ4n) is 5.46. The van der Waals surface area contributed by atoms with Gasteiger partial charge in [-0.1, -0.05) is 79.4 Å². The van der Waals surface area contributed by atoms with Crippen LogP contribution in [0.15, 0.2) is 139 Å². The second-order valence-corrected chi connectivity index (χ2v) is 8.59. The Morgan fingerprint density at radius 2 is 1.21 bits per heavy atom. The van der Waals surface area contributed by atoms with Gasteiger partial charge in [0, 0.05) is 34.1 Å². The summed E-state index contributed by atoms with van der Waals surface area (Å²) in [6.45, 7) is 6.47. The fraction of sp³-hybridized carbons (Fsp3) is 0.0323. The van der Waals surface area contributed by atoms with Gasteiger partial charge in [-0.3, -0.25) is 0 Å². The maximum Gasteiger partial charge on any atom is 0.252 e. The lowest BCUT2D eigenvalue weighted by Crippen LogP contribution is -2.55. The van der Waals surface area contributed by atoms with Crippen LogP contribution in [0.2, 0.25) is 0 Å². The topological polar surface area (TPSA) is 6.48 Å². The van der Waals surface area contributed by atoms with Crippen molar-refractivity contribution in [1.29, 1.82) is 0 Å². The van der Waals surface area contributed by atoms with Crippen molar-refractivity contribution in [1.82, 2.24) is 0 Å². The minimum Gasteiger partial charge on any atom is -0.311 e. The van der Waals surface area contributed by atoms with Crippen LogP contribution < -0.4 is 20.7 Å². The van der Waals surface area contributed by atoms with Gasteiger partial charge in [0.25, 0.3) is 6.71 Å². The van der Waals surface area contributed by atoms with Crippen LogP contribution in [-0.4, -0.2) is 6.71 Å². The number of hydrogen-bond acceptors (Lipinski definition) is 2. The lowest BCUT2D eigenvalue weighted by atomic mass is 9.33. The molecule has 0 fully saturated rings. The van der Waals surface area contributed by atoms with E-state index in [0.29, 0.717) is 0 Å². The number of fused-ring (bicyclic) bond motifs is 2. The van der Waals surface area contributed by atoms with Gasteiger partial charge in [-0.15, -0.1) is 0 Å². The van der Waals surface area contributed by atoms with E-state index < -0.39 is 0 Å². The highest BCUT2D eigenvalue weighted by molar-refractivity contribution is 6.95. The Labute approximate surface area is 201 Å². The molecule has 0 bridgehead atoms. The van der Waals surface area contributed by atoms with Crippen LogP contribution in [-0.2, 0) is 0 Å². The average molecular weight is 436 g/mol. The molecule has 34 heavy (non-hydrogen) atoms. The Bertz CT molecular complexity index is 1440. The van der Waals surface area contributed by atoms with E-state index in [2.05, 4.69) is 139 Å². The minimum absolute atomic E-state index is 0.131. The summed E-state index contributed by atoms with van der Waals surface area (Å²) in [6.07, 6.45) is 6.40. The van der Waals surface area contributed by atoms with Crippen molar-refractivity contribution in [2.24, 2.45) is 0 Å². The summed E-state index contributed by atoms with van der Waals surface area (Å²) in [7, 11) is 0. The predicted octanol–water partition coefficient (Wildman–Crippen LogP) is 6.79. The van der Waals surface area contributed by atoms with E-state index in [0.717, 1.165) is 11.4 Å². The number of nitrogens with zero attached hydrogens (tertiary/aromatic N) is 2. The Balaban J connectivity index is 1.72. The second kappa shape index (κ2) is 8.28. The Morgan fingerprint density at radius 3 is 1.85 bits per heavy atom. The van der Waals surface area contributed by atoms with Crippen molar-refractivity contribution in [3.63, 3.8) is 0 Å². The highest BCUT2D eigenvalue weighted by atomic mass is 15.2. The number of allylic oxidation sites excluding steroid dienone is 4. The van der Waals surface area contributed by atoms with E-state index in [-0.39, 0.29) is 6.71 Å². The molecular weight excluding hydrogens is 411 g/mol. The summed E-state index contributed by atoms with van der Waals surface area (Å²) in [5.74, 6) is 0. The maximum absolute atomic E-state index is 4.25. The van der Waals surface area contributed by atoms with Gasteiger partial charge < -0.3 is 9.80 Å². The summed E-state index contributed by atoms with van der Waals surface area (Å²) in [4.78, 5) is 4.76. The molecular formula is C31H25BN2. The normalized spacial score (nSPS) is 14.3. The first-order valence-electron chi connectivity index (χ1n) is 11.7. The van der Waals surface area contributed by atoms with Gasteiger partial charge in [0.05, 0.1) is 0 Å². The lowest BCUT2D eigenvalue weighted by molar-refractivity contribution is 1.18. The molecule has 2 aliphatic heterocycles. The number of anilines is 5. The van der Waals surface area contributed by atoms with E-state index in [1.165, 1.54) is 39.1 Å². The molecule has 4 aromatic rings. The first kappa shape index (κ1) is 20.4. The molecule has 0 amide bonds. The molecule has 4 aromatic carbocycles. The number of rotatable bonds is 4. The van der Waals surface area contributed by atoms with Gasteiger partial charge in [-0.25, -0.2) is 0 Å². The summed E-state index contributed by atoms with van der Waals surface area (Å²) in [5, 5.41) is 0. The smallest absolute Gasteiger partial charge is 0.252 e. The van der Waals surface area contributed by atoms with Gasteiger partial charge in [-0.2, -0.15) is 0 Å². The summed E-state index contributed by atoms with van der Waals surface area (Å²) in [6, 6.07) is 36.7. The molecule has 162 valence electrons. The number of para-hydroxylation sites is 3. The van der Waals surface area contributed by atoms with Crippen LogP contribution in [0.5, 0.6) is 0 Å². The van der Waals surface area contributed by atoms with E-state index in [1.54, 1.807) is 0 Å². The average Bonchev–Trinajstić information content (AvgIpc) is 2.90. The Kier molecular flexibility index (Phi) is 4.96. The SMILES string of the molecule is C=CC1=C(/C=C\C)B2c3ccccc3N(c3ccccc3)c3cccc(c32)N1c1ccccc1. The lowest BCUT2D eigenvalue weighted by Gasteiger charge is -2.44. The van der Waals surface area contributed by atoms with E-state index in [9.17, 15) is 0 Å². The van der Waals surface area contributed by atoms with Gasteiger partial charge >= 0.3 is 0 Å². The van der Waals surface area contributed by atoms with Crippen molar-refractivity contribution < 1.29 is 0 Å². The predicted molar refractivity (Wildman–Crippen MR) is 147 cm³/mol. The van der Waals surface area contributed by atoms with Gasteiger partial charge in [-0.05, 0) is 71.9 Å². The van der Waals surface area contributed by atoms with Crippen LogP contribution in [0.4, 0.5) is 28.4 Å². The van der Waals surface area contributed by atoms with Crippen molar-refractivity contribution in [2.75, 3.05) is 9.80 Å². The number of hydrogen-bond donors (Lipinski definition) is 0. The molecule has 0 aliphatic carbocycles. The summed E-state index contributed by atoms with van der Waals surface area (Å²) >= 11 is 0. The molecule has 0 saturated carbocycles. The highest BCUT2D eigenvalue weighted by Gasteiger charge is 2.42. The molecule has 6 rings (SSSR count). The molecule has 2 heterocycles. The van der Waals surface area contributed by atoms with Crippen LogP contribution in [0.1, 0.15) is 6.92 Å². The maximum atomic E-state index is 4.25. The molecule has 0 unspecified atom stereocenters. The van der Waals surface area contributed by atoms with Crippen LogP contribution >= 0.6 is 0 Å². The van der Waals surface area contributed by atoms with Crippen molar-refractivity contribution in [2.45, 2.75) is 6.92 Å². The zero-order valence-corrected chi connectivity index (χ0v) is 19.2. The standard InChI is InChI=1S/C31H25BN2/c1-3-14-25-27(4-2)33(23-15-7-5-8-16-23)29-21-13-22-30-31(29)32(25)26-19-11-12-20-28(26)34(30)24-17-9-6-10-18-24/h3-22H,2H2,1H3/b14-3-. The summed E-state index contributed by atoms with van der Waals surface area (Å²) < 4.78 is 0. The van der Waals surface area contributed by atoms with Crippen LogP contribution in [0.3, 0.4) is 0 Å². The third kappa shape index (κ3) is 2.98. The van der Waals surface area contributed by atoms with E-state index in [1.807, 2.05) is 6.08 Å². The van der Waals surface area contributed by atoms with Crippen LogP contribution in [0, 0.1) is 0 Å². The number of benzene rings is 4. The third-order valence-corrected chi connectivity index (χ3v) is 6.74. The van der Waals surface area contributed by atoms with Gasteiger partial charge in [0.1, 0.15) is 0 Å². The second-order valence-electron chi connectivity index (χ2n) is 8.59. The third-order valence-electron chi connectivity index (χ3n) is 6.74. The minimum atomic E-state index is 0.131. The molecule has 0 saturated heterocycles. The molecule has 0 spiro atoms. The molecule has 2 nitrogen and oxygen atoms in total. The Morgan fingerprint density at radius 1 is 0.647 bits per heavy atom. The van der Waals surface area contributed by atoms with Gasteiger partial charge in [0.15, 0.2) is 0 Å². The zero-order chi connectivity index (χ0) is 23.1. The largest absolute Gasteiger partial charge is 0.311 e. The molecule has 0 atom stereocenters. The van der Waals surface area contributed by atoms with E-state index in [4.69, 9.17) is 0 Å². The highest BCUT2D eigenvalue weighted by Crippen LogP contribution is 2.44.